The molecule has 0 aliphatic rings. The van der Waals surface area contributed by atoms with Crippen molar-refractivity contribution in [1.82, 2.24) is 4.98 Å². The number of esters is 1. The smallest absolute Gasteiger partial charge is 0.320 e. The average molecular weight is 432 g/mol. The first-order valence-corrected chi connectivity index (χ1v) is 9.66. The molecule has 0 atom stereocenters. The van der Waals surface area contributed by atoms with Gasteiger partial charge < -0.3 is 15.5 Å². The van der Waals surface area contributed by atoms with E-state index in [4.69, 9.17) is 16.3 Å². The van der Waals surface area contributed by atoms with Crippen molar-refractivity contribution >= 4 is 28.3 Å². The number of carbonyl (C=O) groups is 2. The molecule has 0 aliphatic heterocycles. The van der Waals surface area contributed by atoms with Crippen LogP contribution in [0.15, 0.2) is 53.3 Å². The summed E-state index contributed by atoms with van der Waals surface area (Å²) in [5.74, 6) is -0.437. The normalized spacial score (nSPS) is 9.16. The zero-order chi connectivity index (χ0) is 24.1. The Labute approximate surface area is 185 Å². The summed E-state index contributed by atoms with van der Waals surface area (Å²) >= 11 is 0. The molecule has 0 aliphatic carbocycles. The zero-order valence-electron chi connectivity index (χ0n) is 18.1. The fourth-order valence-corrected chi connectivity index (χ4v) is 2.64. The van der Waals surface area contributed by atoms with Crippen molar-refractivity contribution in [2.24, 2.45) is 0 Å². The minimum absolute atomic E-state index is 0.0121. The van der Waals surface area contributed by atoms with Gasteiger partial charge in [0.15, 0.2) is 5.78 Å². The van der Waals surface area contributed by atoms with Gasteiger partial charge in [0.2, 0.25) is 0 Å². The summed E-state index contributed by atoms with van der Waals surface area (Å²) in [7, 11) is 0. The number of para-hydroxylation sites is 2. The molecule has 0 radical (unpaired) electrons. The maximum absolute atomic E-state index is 11.4. The number of nitrogens with one attached hydrogen (secondary N) is 1. The fourth-order valence-electron chi connectivity index (χ4n) is 2.64. The Morgan fingerprint density at radius 1 is 1.09 bits per heavy atom. The van der Waals surface area contributed by atoms with E-state index in [1.54, 1.807) is 38.1 Å². The van der Waals surface area contributed by atoms with Gasteiger partial charge in [-0.1, -0.05) is 30.3 Å². The summed E-state index contributed by atoms with van der Waals surface area (Å²) in [6.07, 6.45) is -0.145. The standard InChI is InChI=1S/C11H8N2O.C8H9NO.C5H7NO2/c1-7-8-4-2-3-5-10(8)13-11(14)9(7)6-12;1-6(10)7-4-2-3-5-8(7)9;1-2-8-5(7)3-4-6/h2-5H,1H3,(H,13,14);2-5H,9H2,1H3;2-3H2,1H3. The highest BCUT2D eigenvalue weighted by molar-refractivity contribution is 5.98. The largest absolute Gasteiger partial charge is 0.465 e. The summed E-state index contributed by atoms with van der Waals surface area (Å²) in [5, 5.41) is 17.6. The van der Waals surface area contributed by atoms with Crippen molar-refractivity contribution in [3.05, 3.63) is 75.6 Å². The predicted molar refractivity (Wildman–Crippen MR) is 122 cm³/mol. The minimum Gasteiger partial charge on any atom is -0.465 e. The number of carbonyl (C=O) groups excluding carboxylic acids is 2. The van der Waals surface area contributed by atoms with Crippen molar-refractivity contribution in [3.63, 3.8) is 0 Å². The van der Waals surface area contributed by atoms with E-state index in [1.807, 2.05) is 36.4 Å². The predicted octanol–water partition coefficient (Wildman–Crippen LogP) is 3.64. The van der Waals surface area contributed by atoms with Gasteiger partial charge in [-0.2, -0.15) is 10.5 Å². The number of aromatic amines is 1. The third-order valence-corrected chi connectivity index (χ3v) is 4.16. The lowest BCUT2D eigenvalue weighted by Crippen LogP contribution is -2.11. The molecule has 1 aromatic heterocycles. The number of Topliss-reactive ketones (excluding diaryl/α,β-unsaturated/α-hetero) is 1. The Morgan fingerprint density at radius 2 is 1.72 bits per heavy atom. The van der Waals surface area contributed by atoms with Crippen molar-refractivity contribution < 1.29 is 14.3 Å². The van der Waals surface area contributed by atoms with E-state index in [1.165, 1.54) is 6.92 Å². The molecule has 0 amide bonds. The number of nitrogens with zero attached hydrogens (tertiary/aromatic N) is 2. The van der Waals surface area contributed by atoms with E-state index in [-0.39, 0.29) is 23.3 Å². The number of H-pyrrole nitrogens is 1. The highest BCUT2D eigenvalue weighted by atomic mass is 16.5. The molecular formula is C24H24N4O4. The molecule has 32 heavy (non-hydrogen) atoms. The number of hydrogen-bond donors (Lipinski definition) is 2. The number of aromatic nitrogens is 1. The Hall–Kier alpha value is -4.43. The van der Waals surface area contributed by atoms with Crippen LogP contribution in [0, 0.1) is 29.6 Å². The highest BCUT2D eigenvalue weighted by Crippen LogP contribution is 2.15. The second kappa shape index (κ2) is 13.0. The summed E-state index contributed by atoms with van der Waals surface area (Å²) < 4.78 is 4.42. The van der Waals surface area contributed by atoms with Crippen molar-refractivity contribution in [2.45, 2.75) is 27.2 Å². The van der Waals surface area contributed by atoms with Gasteiger partial charge in [0, 0.05) is 22.2 Å². The number of fused-ring (bicyclic) bond motifs is 1. The first kappa shape index (κ1) is 25.6. The van der Waals surface area contributed by atoms with Crippen LogP contribution in [0.4, 0.5) is 5.69 Å². The molecule has 2 aromatic carbocycles. The van der Waals surface area contributed by atoms with E-state index in [0.717, 1.165) is 16.5 Å². The number of hydrogen-bond acceptors (Lipinski definition) is 7. The fraction of sp³-hybridized carbons (Fsp3) is 0.208. The number of anilines is 1. The Balaban J connectivity index is 0.000000253. The van der Waals surface area contributed by atoms with Gasteiger partial charge in [-0.15, -0.1) is 0 Å². The van der Waals surface area contributed by atoms with Crippen LogP contribution in [0.5, 0.6) is 0 Å². The number of benzene rings is 2. The molecule has 0 spiro atoms. The van der Waals surface area contributed by atoms with Crippen LogP contribution >= 0.6 is 0 Å². The van der Waals surface area contributed by atoms with Gasteiger partial charge in [-0.25, -0.2) is 0 Å². The lowest BCUT2D eigenvalue weighted by atomic mass is 10.1. The van der Waals surface area contributed by atoms with Gasteiger partial charge in [0.05, 0.1) is 12.7 Å². The maximum Gasteiger partial charge on any atom is 0.320 e. The monoisotopic (exact) mass is 432 g/mol. The number of ketones is 1. The van der Waals surface area contributed by atoms with Crippen LogP contribution in [0.25, 0.3) is 10.9 Å². The molecule has 0 bridgehead atoms. The van der Waals surface area contributed by atoms with Gasteiger partial charge in [0.25, 0.3) is 5.56 Å². The van der Waals surface area contributed by atoms with E-state index in [2.05, 4.69) is 9.72 Å². The molecule has 0 saturated carbocycles. The van der Waals surface area contributed by atoms with E-state index >= 15 is 0 Å². The maximum atomic E-state index is 11.4. The molecule has 8 heteroatoms. The lowest BCUT2D eigenvalue weighted by Gasteiger charge is -2.02. The van der Waals surface area contributed by atoms with Crippen molar-refractivity contribution in [2.75, 3.05) is 12.3 Å². The van der Waals surface area contributed by atoms with Crippen molar-refractivity contribution in [3.8, 4) is 12.1 Å². The Kier molecular flexibility index (Phi) is 10.4. The number of nitrogens with two attached hydrogens (primary N) is 1. The summed E-state index contributed by atoms with van der Waals surface area (Å²) in [6.45, 7) is 5.34. The first-order valence-electron chi connectivity index (χ1n) is 9.66. The first-order chi connectivity index (χ1) is 15.3. The number of nitriles is 2. The van der Waals surface area contributed by atoms with Crippen LogP contribution in [0.2, 0.25) is 0 Å². The van der Waals surface area contributed by atoms with Crippen molar-refractivity contribution in [1.29, 1.82) is 10.5 Å². The lowest BCUT2D eigenvalue weighted by molar-refractivity contribution is -0.141. The number of aryl methyl sites for hydroxylation is 1. The molecule has 0 fully saturated rings. The minimum atomic E-state index is -0.449. The van der Waals surface area contributed by atoms with Crippen LogP contribution in [0.3, 0.4) is 0 Å². The third kappa shape index (κ3) is 7.43. The van der Waals surface area contributed by atoms with Gasteiger partial charge in [-0.3, -0.25) is 14.4 Å². The summed E-state index contributed by atoms with van der Waals surface area (Å²) in [6, 6.07) is 18.1. The highest BCUT2D eigenvalue weighted by Gasteiger charge is 2.06. The molecule has 164 valence electrons. The molecule has 3 aromatic rings. The van der Waals surface area contributed by atoms with Crippen LogP contribution < -0.4 is 11.3 Å². The van der Waals surface area contributed by atoms with Gasteiger partial charge in [0.1, 0.15) is 18.1 Å². The van der Waals surface area contributed by atoms with E-state index in [0.29, 0.717) is 17.9 Å². The third-order valence-electron chi connectivity index (χ3n) is 4.16. The van der Waals surface area contributed by atoms with Gasteiger partial charge in [-0.05, 0) is 44.5 Å². The molecule has 0 saturated heterocycles. The number of nitrogen functional groups attached to an aromatic ring is 1. The molecule has 3 N–H and O–H groups in total. The molecule has 1 heterocycles. The van der Waals surface area contributed by atoms with Crippen LogP contribution in [-0.2, 0) is 9.53 Å². The van der Waals surface area contributed by atoms with E-state index < -0.39 is 5.97 Å². The SMILES string of the molecule is CC(=O)c1ccccc1N.CCOC(=O)CC#N.Cc1c(C#N)c(=O)[nH]c2ccccc12. The Bertz CT molecular complexity index is 1230. The molecule has 0 unspecified atom stereocenters. The second-order valence-corrected chi connectivity index (χ2v) is 6.39. The Morgan fingerprint density at radius 3 is 2.25 bits per heavy atom. The van der Waals surface area contributed by atoms with E-state index in [9.17, 15) is 14.4 Å². The summed E-state index contributed by atoms with van der Waals surface area (Å²) in [5.41, 5.74) is 8.05. The van der Waals surface area contributed by atoms with Gasteiger partial charge >= 0.3 is 5.97 Å². The molecule has 8 nitrogen and oxygen atoms in total. The summed E-state index contributed by atoms with van der Waals surface area (Å²) in [4.78, 5) is 35.1. The topological polar surface area (TPSA) is 150 Å². The second-order valence-electron chi connectivity index (χ2n) is 6.39. The average Bonchev–Trinajstić information content (AvgIpc) is 2.75. The zero-order valence-corrected chi connectivity index (χ0v) is 18.1. The molecular weight excluding hydrogens is 408 g/mol. The quantitative estimate of drug-likeness (QED) is 0.364. The number of pyridine rings is 1. The number of ether oxygens (including phenoxy) is 1. The molecule has 3 rings (SSSR count). The number of rotatable bonds is 3. The van der Waals surface area contributed by atoms with Crippen LogP contribution in [-0.4, -0.2) is 23.3 Å². The van der Waals surface area contributed by atoms with Crippen LogP contribution in [0.1, 0.15) is 41.8 Å².